The molecule has 1 saturated carbocycles. The molecule has 1 aliphatic carbocycles. The summed E-state index contributed by atoms with van der Waals surface area (Å²) in [5, 5.41) is 13.0. The van der Waals surface area contributed by atoms with Crippen molar-refractivity contribution < 1.29 is 18.3 Å². The van der Waals surface area contributed by atoms with Crippen LogP contribution in [0.15, 0.2) is 35.4 Å². The first-order chi connectivity index (χ1) is 13.2. The molecule has 3 rings (SSSR count). The van der Waals surface area contributed by atoms with Gasteiger partial charge in [-0.15, -0.1) is 0 Å². The van der Waals surface area contributed by atoms with Gasteiger partial charge in [0.1, 0.15) is 6.10 Å². The van der Waals surface area contributed by atoms with Crippen LogP contribution in [0.1, 0.15) is 38.7 Å². The Labute approximate surface area is 165 Å². The van der Waals surface area contributed by atoms with Gasteiger partial charge in [-0.05, 0) is 64.3 Å². The van der Waals surface area contributed by atoms with E-state index in [9.17, 15) is 13.5 Å². The van der Waals surface area contributed by atoms with Gasteiger partial charge in [-0.3, -0.25) is 0 Å². The summed E-state index contributed by atoms with van der Waals surface area (Å²) in [5.41, 5.74) is 1.44. The van der Waals surface area contributed by atoms with Crippen molar-refractivity contribution in [3.63, 3.8) is 0 Å². The fraction of sp³-hybridized carbons (Fsp3) is 0.474. The van der Waals surface area contributed by atoms with Crippen LogP contribution in [-0.4, -0.2) is 41.7 Å². The summed E-state index contributed by atoms with van der Waals surface area (Å²) in [6.07, 6.45) is 3.40. The number of hydrogen-bond donors (Lipinski definition) is 3. The van der Waals surface area contributed by atoms with Gasteiger partial charge in [0.25, 0.3) is 0 Å². The first-order valence-corrected chi connectivity index (χ1v) is 10.8. The molecule has 2 aromatic rings. The maximum Gasteiger partial charge on any atom is 0.240 e. The number of aliphatic hydroxyl groups excluding tert-OH is 1. The molecule has 9 heteroatoms. The number of hydrogen-bond acceptors (Lipinski definition) is 7. The summed E-state index contributed by atoms with van der Waals surface area (Å²) in [7, 11) is -3.53. The lowest BCUT2D eigenvalue weighted by molar-refractivity contribution is 0.0569. The molecule has 1 aromatic heterocycles. The average molecular weight is 407 g/mol. The van der Waals surface area contributed by atoms with Crippen LogP contribution < -0.4 is 14.8 Å². The minimum Gasteiger partial charge on any atom is -0.471 e. The molecule has 152 valence electrons. The van der Waals surface area contributed by atoms with E-state index >= 15 is 0 Å². The Morgan fingerprint density at radius 1 is 1.21 bits per heavy atom. The number of aryl methyl sites for hydroxylation is 1. The Kier molecular flexibility index (Phi) is 6.17. The van der Waals surface area contributed by atoms with E-state index in [2.05, 4.69) is 20.0 Å². The molecular formula is C19H26N4O4S. The van der Waals surface area contributed by atoms with Gasteiger partial charge in [0.15, 0.2) is 0 Å². The number of anilines is 2. The van der Waals surface area contributed by atoms with Crippen molar-refractivity contribution in [2.24, 2.45) is 0 Å². The van der Waals surface area contributed by atoms with Crippen LogP contribution in [0.25, 0.3) is 0 Å². The largest absolute Gasteiger partial charge is 0.471 e. The number of aliphatic hydroxyl groups is 1. The number of benzene rings is 1. The Bertz CT molecular complexity index is 916. The second-order valence-electron chi connectivity index (χ2n) is 7.26. The first-order valence-electron chi connectivity index (χ1n) is 9.32. The number of ether oxygens (including phenoxy) is 1. The van der Waals surface area contributed by atoms with E-state index in [1.807, 2.05) is 6.92 Å². The van der Waals surface area contributed by atoms with Gasteiger partial charge in [0.05, 0.1) is 11.0 Å². The van der Waals surface area contributed by atoms with Gasteiger partial charge in [-0.25, -0.2) is 18.1 Å². The van der Waals surface area contributed by atoms with Crippen molar-refractivity contribution in [3.05, 3.63) is 36.0 Å². The van der Waals surface area contributed by atoms with Gasteiger partial charge in [-0.1, -0.05) is 0 Å². The summed E-state index contributed by atoms with van der Waals surface area (Å²) < 4.78 is 32.8. The highest BCUT2D eigenvalue weighted by Crippen LogP contribution is 2.26. The molecule has 1 heterocycles. The summed E-state index contributed by atoms with van der Waals surface area (Å²) in [6, 6.07) is 6.17. The fourth-order valence-corrected chi connectivity index (χ4v) is 4.27. The highest BCUT2D eigenvalue weighted by molar-refractivity contribution is 7.89. The molecule has 0 bridgehead atoms. The molecule has 2 unspecified atom stereocenters. The maximum atomic E-state index is 12.2. The van der Waals surface area contributed by atoms with E-state index in [1.54, 1.807) is 32.2 Å². The molecule has 8 nitrogen and oxygen atoms in total. The third kappa shape index (κ3) is 4.98. The van der Waals surface area contributed by atoms with Crippen LogP contribution in [0.2, 0.25) is 0 Å². The molecule has 3 N–H and O–H groups in total. The third-order valence-corrected chi connectivity index (χ3v) is 6.09. The molecule has 1 fully saturated rings. The smallest absolute Gasteiger partial charge is 0.240 e. The lowest BCUT2D eigenvalue weighted by atomic mass is 10.2. The quantitative estimate of drug-likeness (QED) is 0.647. The Balaban J connectivity index is 1.72. The SMILES string of the molecule is Cc1cnc(Nc2ccc(S(=O)(=O)NC(C)C)cc2)nc1OC1CCCC1O. The highest BCUT2D eigenvalue weighted by atomic mass is 32.2. The van der Waals surface area contributed by atoms with Gasteiger partial charge >= 0.3 is 0 Å². The normalized spacial score (nSPS) is 19.8. The van der Waals surface area contributed by atoms with E-state index in [4.69, 9.17) is 4.74 Å². The summed E-state index contributed by atoms with van der Waals surface area (Å²) >= 11 is 0. The topological polar surface area (TPSA) is 113 Å². The fourth-order valence-electron chi connectivity index (χ4n) is 3.02. The molecule has 0 saturated heterocycles. The van der Waals surface area contributed by atoms with E-state index in [-0.39, 0.29) is 17.0 Å². The molecule has 2 atom stereocenters. The lowest BCUT2D eigenvalue weighted by Crippen LogP contribution is -2.30. The standard InChI is InChI=1S/C19H26N4O4S/c1-12(2)23-28(25,26)15-9-7-14(8-10-15)21-19-20-11-13(3)18(22-19)27-17-6-4-5-16(17)24/h7-12,16-17,23-24H,4-6H2,1-3H3,(H,20,21,22). The van der Waals surface area contributed by atoms with Gasteiger partial charge in [0.2, 0.25) is 21.9 Å². The van der Waals surface area contributed by atoms with Crippen LogP contribution in [0.4, 0.5) is 11.6 Å². The van der Waals surface area contributed by atoms with Gasteiger partial charge in [0, 0.05) is 23.5 Å². The van der Waals surface area contributed by atoms with Crippen molar-refractivity contribution in [2.75, 3.05) is 5.32 Å². The summed E-state index contributed by atoms with van der Waals surface area (Å²) in [6.45, 7) is 5.39. The molecule has 1 aliphatic rings. The minimum absolute atomic E-state index is 0.180. The molecular weight excluding hydrogens is 380 g/mol. The van der Waals surface area contributed by atoms with Crippen LogP contribution >= 0.6 is 0 Å². The number of nitrogens with one attached hydrogen (secondary N) is 2. The van der Waals surface area contributed by atoms with Gasteiger partial charge < -0.3 is 15.2 Å². The second kappa shape index (κ2) is 8.42. The second-order valence-corrected chi connectivity index (χ2v) is 8.98. The van der Waals surface area contributed by atoms with Crippen LogP contribution in [0.3, 0.4) is 0 Å². The zero-order valence-electron chi connectivity index (χ0n) is 16.2. The monoisotopic (exact) mass is 406 g/mol. The number of sulfonamides is 1. The molecule has 1 aromatic carbocycles. The van der Waals surface area contributed by atoms with Crippen LogP contribution in [0, 0.1) is 6.92 Å². The van der Waals surface area contributed by atoms with Crippen LogP contribution in [-0.2, 0) is 10.0 Å². The maximum absolute atomic E-state index is 12.2. The van der Waals surface area contributed by atoms with Crippen LogP contribution in [0.5, 0.6) is 5.88 Å². The number of rotatable bonds is 7. The number of nitrogens with zero attached hydrogens (tertiary/aromatic N) is 2. The minimum atomic E-state index is -3.53. The van der Waals surface area contributed by atoms with Crippen molar-refractivity contribution in [3.8, 4) is 5.88 Å². The van der Waals surface area contributed by atoms with Gasteiger partial charge in [-0.2, -0.15) is 4.98 Å². The predicted molar refractivity (Wildman–Crippen MR) is 106 cm³/mol. The Morgan fingerprint density at radius 3 is 2.54 bits per heavy atom. The average Bonchev–Trinajstić information content (AvgIpc) is 3.02. The number of aromatic nitrogens is 2. The molecule has 0 radical (unpaired) electrons. The van der Waals surface area contributed by atoms with Crippen molar-refractivity contribution in [1.29, 1.82) is 0 Å². The molecule has 0 amide bonds. The molecule has 28 heavy (non-hydrogen) atoms. The zero-order valence-corrected chi connectivity index (χ0v) is 17.0. The van der Waals surface area contributed by atoms with E-state index in [0.29, 0.717) is 17.5 Å². The third-order valence-electron chi connectivity index (χ3n) is 4.42. The van der Waals surface area contributed by atoms with E-state index < -0.39 is 16.1 Å². The Morgan fingerprint density at radius 2 is 1.93 bits per heavy atom. The first kappa shape index (κ1) is 20.5. The Hall–Kier alpha value is -2.23. The van der Waals surface area contributed by atoms with E-state index in [1.165, 1.54) is 12.1 Å². The summed E-state index contributed by atoms with van der Waals surface area (Å²) in [5.74, 6) is 0.771. The predicted octanol–water partition coefficient (Wildman–Crippen LogP) is 2.51. The molecule has 0 spiro atoms. The zero-order chi connectivity index (χ0) is 20.3. The van der Waals surface area contributed by atoms with E-state index in [0.717, 1.165) is 24.8 Å². The molecule has 0 aliphatic heterocycles. The highest BCUT2D eigenvalue weighted by Gasteiger charge is 2.28. The van der Waals surface area contributed by atoms with Crippen molar-refractivity contribution in [2.45, 2.75) is 63.2 Å². The van der Waals surface area contributed by atoms with Crippen molar-refractivity contribution >= 4 is 21.7 Å². The summed E-state index contributed by atoms with van der Waals surface area (Å²) in [4.78, 5) is 8.82. The lowest BCUT2D eigenvalue weighted by Gasteiger charge is -2.18. The van der Waals surface area contributed by atoms with Crippen molar-refractivity contribution in [1.82, 2.24) is 14.7 Å².